The van der Waals surface area contributed by atoms with Crippen LogP contribution in [0.2, 0.25) is 18.1 Å². The summed E-state index contributed by atoms with van der Waals surface area (Å²) in [6, 6.07) is 0.187. The fraction of sp³-hybridized carbons (Fsp3) is 0.625. The van der Waals surface area contributed by atoms with Crippen LogP contribution in [0.3, 0.4) is 0 Å². The Labute approximate surface area is 218 Å². The molecule has 0 aromatic rings. The van der Waals surface area contributed by atoms with Gasteiger partial charge in [0.05, 0.1) is 0 Å². The van der Waals surface area contributed by atoms with Gasteiger partial charge in [-0.25, -0.2) is 0 Å². The van der Waals surface area contributed by atoms with Crippen LogP contribution in [-0.4, -0.2) is 58.2 Å². The first-order valence-corrected chi connectivity index (χ1v) is 18.4. The average molecular weight is 559 g/mol. The molecule has 9 nitrogen and oxygen atoms in total. The lowest BCUT2D eigenvalue weighted by Gasteiger charge is -2.45. The van der Waals surface area contributed by atoms with Crippen molar-refractivity contribution < 1.29 is 41.1 Å². The number of carbonyl (C=O) groups is 3. The first-order chi connectivity index (χ1) is 16.6. The number of rotatable bonds is 18. The molecule has 1 fully saturated rings. The van der Waals surface area contributed by atoms with Crippen molar-refractivity contribution in [3.05, 3.63) is 36.5 Å². The SMILES string of the molecule is C=C(C)C(=O)CCCC[Si]1(O)O[Si](O)(CCCCC(=O)C(=C)C)O[Si](O)(CCCCC(=O)C(=C)C)O1. The molecule has 1 aliphatic heterocycles. The van der Waals surface area contributed by atoms with Crippen LogP contribution in [0.15, 0.2) is 36.5 Å². The van der Waals surface area contributed by atoms with Crippen LogP contribution in [-0.2, 0) is 26.7 Å². The molecular weight excluding hydrogens is 517 g/mol. The monoisotopic (exact) mass is 558 g/mol. The molecule has 3 N–H and O–H groups in total. The topological polar surface area (TPSA) is 140 Å². The predicted molar refractivity (Wildman–Crippen MR) is 143 cm³/mol. The Kier molecular flexibility index (Phi) is 13.2. The molecule has 0 radical (unpaired) electrons. The van der Waals surface area contributed by atoms with Gasteiger partial charge in [-0.3, -0.25) is 14.4 Å². The third kappa shape index (κ3) is 11.8. The first kappa shape index (κ1) is 32.7. The number of allylic oxidation sites excluding steroid dienone is 3. The van der Waals surface area contributed by atoms with Crippen LogP contribution in [0, 0.1) is 0 Å². The van der Waals surface area contributed by atoms with Gasteiger partial charge >= 0.3 is 26.4 Å². The van der Waals surface area contributed by atoms with Crippen LogP contribution in [0.4, 0.5) is 0 Å². The van der Waals surface area contributed by atoms with Gasteiger partial charge in [0.2, 0.25) is 0 Å². The van der Waals surface area contributed by atoms with Crippen molar-refractivity contribution in [2.45, 2.75) is 96.7 Å². The van der Waals surface area contributed by atoms with E-state index in [9.17, 15) is 28.8 Å². The van der Waals surface area contributed by atoms with Gasteiger partial charge in [-0.05, 0) is 76.0 Å². The van der Waals surface area contributed by atoms with Gasteiger partial charge in [0.25, 0.3) is 0 Å². The maximum atomic E-state index is 11.8. The van der Waals surface area contributed by atoms with Gasteiger partial charge in [-0.1, -0.05) is 19.7 Å². The Morgan fingerprint density at radius 2 is 0.750 bits per heavy atom. The fourth-order valence-electron chi connectivity index (χ4n) is 3.66. The second kappa shape index (κ2) is 14.5. The Morgan fingerprint density at radius 3 is 0.944 bits per heavy atom. The van der Waals surface area contributed by atoms with E-state index in [1.54, 1.807) is 20.8 Å². The predicted octanol–water partition coefficient (Wildman–Crippen LogP) is 3.79. The Hall–Kier alpha value is -1.36. The molecule has 1 aliphatic rings. The molecule has 1 rings (SSSR count). The van der Waals surface area contributed by atoms with Crippen molar-refractivity contribution in [3.63, 3.8) is 0 Å². The summed E-state index contributed by atoms with van der Waals surface area (Å²) in [5, 5.41) is 0. The highest BCUT2D eigenvalue weighted by molar-refractivity contribution is 6.87. The minimum absolute atomic E-state index is 0.0622. The van der Waals surface area contributed by atoms with Crippen molar-refractivity contribution in [1.29, 1.82) is 0 Å². The van der Waals surface area contributed by atoms with Gasteiger partial charge in [-0.2, -0.15) is 0 Å². The van der Waals surface area contributed by atoms with E-state index in [0.29, 0.717) is 55.2 Å². The zero-order chi connectivity index (χ0) is 27.6. The molecule has 0 aromatic heterocycles. The molecular formula is C24H42O9Si3. The number of Topliss-reactive ketones (excluding diaryl/α,β-unsaturated/α-hetero) is 3. The number of ketones is 3. The molecule has 12 heteroatoms. The summed E-state index contributed by atoms with van der Waals surface area (Å²) in [6.07, 6.45) is 3.43. The van der Waals surface area contributed by atoms with Crippen LogP contribution in [0.5, 0.6) is 0 Å². The summed E-state index contributed by atoms with van der Waals surface area (Å²) >= 11 is 0. The normalized spacial score (nSPS) is 25.8. The fourth-order valence-corrected chi connectivity index (χ4v) is 15.8. The van der Waals surface area contributed by atoms with E-state index in [1.165, 1.54) is 0 Å². The third-order valence-electron chi connectivity index (χ3n) is 5.82. The lowest BCUT2D eigenvalue weighted by atomic mass is 10.1. The maximum Gasteiger partial charge on any atom is 0.483 e. The maximum absolute atomic E-state index is 11.8. The van der Waals surface area contributed by atoms with Gasteiger partial charge in [-0.15, -0.1) is 0 Å². The summed E-state index contributed by atoms with van der Waals surface area (Å²) in [5.41, 5.74) is 1.38. The van der Waals surface area contributed by atoms with Crippen molar-refractivity contribution in [1.82, 2.24) is 0 Å². The van der Waals surface area contributed by atoms with E-state index < -0.39 is 26.4 Å². The summed E-state index contributed by atoms with van der Waals surface area (Å²) in [4.78, 5) is 68.9. The van der Waals surface area contributed by atoms with Crippen LogP contribution >= 0.6 is 0 Å². The highest BCUT2D eigenvalue weighted by atomic mass is 28.5. The Balaban J connectivity index is 2.83. The van der Waals surface area contributed by atoms with Crippen LogP contribution < -0.4 is 0 Å². The highest BCUT2D eigenvalue weighted by Gasteiger charge is 2.63. The lowest BCUT2D eigenvalue weighted by Crippen LogP contribution is -2.71. The summed E-state index contributed by atoms with van der Waals surface area (Å²) in [5.74, 6) is -0.200. The molecule has 204 valence electrons. The molecule has 0 bridgehead atoms. The zero-order valence-corrected chi connectivity index (χ0v) is 24.9. The minimum atomic E-state index is -4.00. The molecule has 0 saturated carbocycles. The van der Waals surface area contributed by atoms with Crippen molar-refractivity contribution >= 4 is 43.8 Å². The molecule has 0 amide bonds. The van der Waals surface area contributed by atoms with Gasteiger partial charge in [0.1, 0.15) is 0 Å². The molecule has 1 heterocycles. The zero-order valence-electron chi connectivity index (χ0n) is 21.9. The second-order valence-corrected chi connectivity index (χ2v) is 17.9. The summed E-state index contributed by atoms with van der Waals surface area (Å²) in [7, 11) is -12.0. The second-order valence-electron chi connectivity index (χ2n) is 9.68. The van der Waals surface area contributed by atoms with Gasteiger partial charge in [0.15, 0.2) is 17.3 Å². The Bertz CT molecular complexity index is 740. The third-order valence-corrected chi connectivity index (χ3v) is 16.4. The molecule has 0 atom stereocenters. The van der Waals surface area contributed by atoms with E-state index in [1.807, 2.05) is 0 Å². The van der Waals surface area contributed by atoms with E-state index >= 15 is 0 Å². The van der Waals surface area contributed by atoms with Crippen LogP contribution in [0.1, 0.15) is 78.6 Å². The van der Waals surface area contributed by atoms with Gasteiger partial charge in [0, 0.05) is 37.4 Å². The van der Waals surface area contributed by atoms with E-state index in [0.717, 1.165) is 0 Å². The molecule has 36 heavy (non-hydrogen) atoms. The molecule has 0 aromatic carbocycles. The molecule has 0 spiro atoms. The van der Waals surface area contributed by atoms with E-state index in [2.05, 4.69) is 19.7 Å². The minimum Gasteiger partial charge on any atom is -0.391 e. The lowest BCUT2D eigenvalue weighted by molar-refractivity contribution is -0.116. The van der Waals surface area contributed by atoms with Crippen molar-refractivity contribution in [3.8, 4) is 0 Å². The molecule has 0 unspecified atom stereocenters. The van der Waals surface area contributed by atoms with Gasteiger partial charge < -0.3 is 26.7 Å². The largest absolute Gasteiger partial charge is 0.483 e. The molecule has 1 saturated heterocycles. The Morgan fingerprint density at radius 1 is 0.528 bits per heavy atom. The number of carbonyl (C=O) groups excluding carboxylic acids is 3. The smallest absolute Gasteiger partial charge is 0.391 e. The van der Waals surface area contributed by atoms with Crippen molar-refractivity contribution in [2.24, 2.45) is 0 Å². The summed E-state index contributed by atoms with van der Waals surface area (Å²) < 4.78 is 17.1. The number of unbranched alkanes of at least 4 members (excludes halogenated alkanes) is 3. The first-order valence-electron chi connectivity index (χ1n) is 12.4. The van der Waals surface area contributed by atoms with Crippen molar-refractivity contribution in [2.75, 3.05) is 0 Å². The van der Waals surface area contributed by atoms with E-state index in [4.69, 9.17) is 12.3 Å². The van der Waals surface area contributed by atoms with E-state index in [-0.39, 0.29) is 54.7 Å². The highest BCUT2D eigenvalue weighted by Crippen LogP contribution is 2.35. The quantitative estimate of drug-likeness (QED) is 0.130. The van der Waals surface area contributed by atoms with Crippen LogP contribution in [0.25, 0.3) is 0 Å². The molecule has 0 aliphatic carbocycles. The average Bonchev–Trinajstić information content (AvgIpc) is 2.75. The summed E-state index contributed by atoms with van der Waals surface area (Å²) in [6.45, 7) is 15.8. The number of hydrogen-bond donors (Lipinski definition) is 3. The number of hydrogen-bond acceptors (Lipinski definition) is 9. The standard InChI is InChI=1S/C24H42O9Si3/c1-19(2)22(25)13-7-10-16-34(28)31-35(29,17-11-8-14-23(26)20(3)4)33-36(30,32-34)18-12-9-15-24(27)21(5)6/h28-30H,1,3,5,7-18H2,2,4,6H3.